The van der Waals surface area contributed by atoms with Crippen LogP contribution in [0.15, 0.2) is 17.6 Å². The summed E-state index contributed by atoms with van der Waals surface area (Å²) in [5.41, 5.74) is 0. The largest absolute Gasteiger partial charge is 1.00 e. The third-order valence-electron chi connectivity index (χ3n) is 3.24. The van der Waals surface area contributed by atoms with Gasteiger partial charge in [0.15, 0.2) is 0 Å². The third-order valence-corrected chi connectivity index (χ3v) is 3.24. The maximum Gasteiger partial charge on any atom is 1.00 e. The maximum atomic E-state index is 11.6. The Balaban J connectivity index is 0. The van der Waals surface area contributed by atoms with Gasteiger partial charge in [-0.3, -0.25) is 14.7 Å². The van der Waals surface area contributed by atoms with Gasteiger partial charge in [0.25, 0.3) is 0 Å². The van der Waals surface area contributed by atoms with Gasteiger partial charge in [0.2, 0.25) is 0 Å². The van der Waals surface area contributed by atoms with Gasteiger partial charge in [0.05, 0.1) is 6.67 Å². The number of aliphatic carboxylic acids is 1. The third kappa shape index (κ3) is 12.2. The van der Waals surface area contributed by atoms with E-state index in [9.17, 15) is 9.90 Å². The van der Waals surface area contributed by atoms with Crippen LogP contribution >= 0.6 is 0 Å². The first-order valence-corrected chi connectivity index (χ1v) is 7.41. The molecule has 7 heteroatoms. The molecule has 1 unspecified atom stereocenters. The number of hydrogen-bond acceptors (Lipinski definition) is 5. The summed E-state index contributed by atoms with van der Waals surface area (Å²) in [4.78, 5) is 16.5. The molecule has 0 spiro atoms. The van der Waals surface area contributed by atoms with E-state index in [1.54, 1.807) is 11.8 Å². The Morgan fingerprint density at radius 3 is 2.59 bits per heavy atom. The van der Waals surface area contributed by atoms with Crippen molar-refractivity contribution in [3.8, 4) is 0 Å². The van der Waals surface area contributed by atoms with Crippen LogP contribution in [0.4, 0.5) is 0 Å². The number of aliphatic hydroxyl groups is 1. The number of nitrogens with zero attached hydrogens (tertiary/aromatic N) is 2. The van der Waals surface area contributed by atoms with Crippen molar-refractivity contribution in [2.45, 2.75) is 51.5 Å². The monoisotopic (exact) mass is 322 g/mol. The number of aliphatic hydroxyl groups excluding tert-OH is 1. The summed E-state index contributed by atoms with van der Waals surface area (Å²) in [5.74, 6) is -1.15. The molecule has 0 aromatic rings. The van der Waals surface area contributed by atoms with Crippen LogP contribution in [0.1, 0.15) is 45.4 Å². The van der Waals surface area contributed by atoms with E-state index >= 15 is 0 Å². The molecule has 0 aliphatic heterocycles. The SMILES string of the molecule is C=CCCCCCC([O-])=NCN(CCCO)C(C)C(=O)O.[Na+]. The molecular weight excluding hydrogens is 295 g/mol. The van der Waals surface area contributed by atoms with Gasteiger partial charge >= 0.3 is 35.5 Å². The maximum absolute atomic E-state index is 11.6. The Kier molecular flexibility index (Phi) is 16.8. The van der Waals surface area contributed by atoms with Crippen LogP contribution < -0.4 is 34.7 Å². The standard InChI is InChI=1S/C15H28N2O4.Na/c1-3-4-5-6-7-9-14(19)16-12-17(10-8-11-18)13(2)15(20)21;/h3,13,18H,1,4-12H2,2H3,(H,16,19)(H,20,21);/q;+1/p-1. The molecule has 6 nitrogen and oxygen atoms in total. The Morgan fingerprint density at radius 1 is 1.36 bits per heavy atom. The molecule has 0 aromatic heterocycles. The molecule has 0 rings (SSSR count). The van der Waals surface area contributed by atoms with E-state index in [1.165, 1.54) is 0 Å². The van der Waals surface area contributed by atoms with Gasteiger partial charge in [-0.1, -0.05) is 12.5 Å². The summed E-state index contributed by atoms with van der Waals surface area (Å²) in [5, 5.41) is 29.5. The van der Waals surface area contributed by atoms with Gasteiger partial charge in [-0.15, -0.1) is 6.58 Å². The van der Waals surface area contributed by atoms with E-state index in [-0.39, 0.29) is 48.7 Å². The van der Waals surface area contributed by atoms with Crippen LogP contribution in [-0.4, -0.2) is 52.8 Å². The van der Waals surface area contributed by atoms with Gasteiger partial charge in [-0.2, -0.15) is 0 Å². The summed E-state index contributed by atoms with van der Waals surface area (Å²) in [7, 11) is 0. The normalized spacial score (nSPS) is 12.8. The van der Waals surface area contributed by atoms with E-state index in [2.05, 4.69) is 11.6 Å². The minimum atomic E-state index is -0.958. The molecule has 0 saturated carbocycles. The van der Waals surface area contributed by atoms with Crippen molar-refractivity contribution in [3.63, 3.8) is 0 Å². The van der Waals surface area contributed by atoms with E-state index < -0.39 is 12.0 Å². The van der Waals surface area contributed by atoms with Crippen molar-refractivity contribution in [2.75, 3.05) is 19.8 Å². The minimum Gasteiger partial charge on any atom is -0.862 e. The second-order valence-corrected chi connectivity index (χ2v) is 4.99. The molecule has 2 N–H and O–H groups in total. The van der Waals surface area contributed by atoms with E-state index in [0.717, 1.165) is 25.7 Å². The fraction of sp³-hybridized carbons (Fsp3) is 0.733. The van der Waals surface area contributed by atoms with Crippen molar-refractivity contribution in [1.29, 1.82) is 0 Å². The molecule has 0 aromatic carbocycles. The van der Waals surface area contributed by atoms with Crippen molar-refractivity contribution in [3.05, 3.63) is 12.7 Å². The molecule has 0 heterocycles. The summed E-state index contributed by atoms with van der Waals surface area (Å²) < 4.78 is 0. The average Bonchev–Trinajstić information content (AvgIpc) is 2.46. The van der Waals surface area contributed by atoms with Crippen molar-refractivity contribution in [1.82, 2.24) is 4.90 Å². The Hall–Kier alpha value is -0.400. The molecule has 0 saturated heterocycles. The number of carboxylic acid groups (broad SMARTS) is 1. The molecule has 1 atom stereocenters. The van der Waals surface area contributed by atoms with Crippen LogP contribution in [0, 0.1) is 0 Å². The number of carboxylic acids is 1. The first-order chi connectivity index (χ1) is 10.0. The first-order valence-electron chi connectivity index (χ1n) is 7.41. The van der Waals surface area contributed by atoms with Gasteiger partial charge in [-0.25, -0.2) is 0 Å². The number of rotatable bonds is 13. The number of carbonyl (C=O) groups is 1. The second-order valence-electron chi connectivity index (χ2n) is 4.99. The Morgan fingerprint density at radius 2 is 2.05 bits per heavy atom. The van der Waals surface area contributed by atoms with Crippen molar-refractivity contribution < 1.29 is 49.7 Å². The zero-order valence-electron chi connectivity index (χ0n) is 13.8. The van der Waals surface area contributed by atoms with Gasteiger partial charge in [-0.05, 0) is 44.9 Å². The molecule has 122 valence electrons. The number of unbranched alkanes of at least 4 members (excludes halogenated alkanes) is 3. The fourth-order valence-corrected chi connectivity index (χ4v) is 1.81. The van der Waals surface area contributed by atoms with E-state index in [0.29, 0.717) is 19.4 Å². The van der Waals surface area contributed by atoms with Crippen LogP contribution in [0.3, 0.4) is 0 Å². The minimum absolute atomic E-state index is 0. The van der Waals surface area contributed by atoms with Gasteiger partial charge in [0, 0.05) is 13.2 Å². The van der Waals surface area contributed by atoms with Gasteiger partial charge in [0.1, 0.15) is 6.04 Å². The topological polar surface area (TPSA) is 96.2 Å². The van der Waals surface area contributed by atoms with Crippen LogP contribution in [0.25, 0.3) is 0 Å². The summed E-state index contributed by atoms with van der Waals surface area (Å²) in [6.45, 7) is 5.65. The quantitative estimate of drug-likeness (QED) is 0.134. The Labute approximate surface area is 155 Å². The van der Waals surface area contributed by atoms with Crippen LogP contribution in [-0.2, 0) is 4.79 Å². The zero-order valence-corrected chi connectivity index (χ0v) is 15.8. The molecule has 0 aliphatic rings. The van der Waals surface area contributed by atoms with Crippen LogP contribution in [0.2, 0.25) is 0 Å². The number of allylic oxidation sites excluding steroid dienone is 1. The fourth-order valence-electron chi connectivity index (χ4n) is 1.81. The molecule has 0 aliphatic carbocycles. The average molecular weight is 322 g/mol. The molecule has 0 bridgehead atoms. The first kappa shape index (κ1) is 23.9. The van der Waals surface area contributed by atoms with Gasteiger partial charge < -0.3 is 15.3 Å². The molecule has 0 fully saturated rings. The van der Waals surface area contributed by atoms with Crippen molar-refractivity contribution >= 4 is 11.9 Å². The molecule has 0 amide bonds. The zero-order chi connectivity index (χ0) is 16.1. The molecular formula is C15H27N2NaO4. The summed E-state index contributed by atoms with van der Waals surface area (Å²) in [6.07, 6.45) is 6.45. The molecule has 22 heavy (non-hydrogen) atoms. The Bertz CT molecular complexity index is 338. The van der Waals surface area contributed by atoms with E-state index in [1.807, 2.05) is 6.08 Å². The second kappa shape index (κ2) is 15.5. The predicted molar refractivity (Wildman–Crippen MR) is 81.1 cm³/mol. The molecule has 0 radical (unpaired) electrons. The van der Waals surface area contributed by atoms with E-state index in [4.69, 9.17) is 10.2 Å². The summed E-state index contributed by atoms with van der Waals surface area (Å²) in [6, 6.07) is -0.722. The van der Waals surface area contributed by atoms with Crippen molar-refractivity contribution in [2.24, 2.45) is 4.99 Å². The van der Waals surface area contributed by atoms with Crippen LogP contribution in [0.5, 0.6) is 0 Å². The smallest absolute Gasteiger partial charge is 0.862 e. The number of hydrogen-bond donors (Lipinski definition) is 2. The summed E-state index contributed by atoms with van der Waals surface area (Å²) >= 11 is 0. The predicted octanol–water partition coefficient (Wildman–Crippen LogP) is -2.00. The number of aliphatic imine (C=N–C) groups is 1.